The highest BCUT2D eigenvalue weighted by atomic mass is 14.9. The number of hydrogen-bond donors (Lipinski definition) is 1. The first-order chi connectivity index (χ1) is 8.36. The van der Waals surface area contributed by atoms with Gasteiger partial charge in [-0.25, -0.2) is 0 Å². The molecule has 17 heavy (non-hydrogen) atoms. The minimum Gasteiger partial charge on any atom is -0.314 e. The summed E-state index contributed by atoms with van der Waals surface area (Å²) in [5.74, 6) is 1.07. The summed E-state index contributed by atoms with van der Waals surface area (Å²) in [4.78, 5) is 0. The second kappa shape index (κ2) is 9.94. The molecule has 1 aliphatic carbocycles. The Morgan fingerprint density at radius 1 is 0.941 bits per heavy atom. The predicted molar refractivity (Wildman–Crippen MR) is 77.4 cm³/mol. The molecule has 0 bridgehead atoms. The van der Waals surface area contributed by atoms with Crippen molar-refractivity contribution in [3.05, 3.63) is 0 Å². The van der Waals surface area contributed by atoms with Gasteiger partial charge in [-0.05, 0) is 25.3 Å². The summed E-state index contributed by atoms with van der Waals surface area (Å²) in [7, 11) is 0. The van der Waals surface area contributed by atoms with Crippen LogP contribution in [0, 0.1) is 5.92 Å². The lowest BCUT2D eigenvalue weighted by Gasteiger charge is -2.17. The zero-order chi connectivity index (χ0) is 12.3. The van der Waals surface area contributed by atoms with Gasteiger partial charge in [0.1, 0.15) is 0 Å². The van der Waals surface area contributed by atoms with Gasteiger partial charge in [-0.1, -0.05) is 71.6 Å². The molecular weight excluding hydrogens is 206 g/mol. The van der Waals surface area contributed by atoms with E-state index < -0.39 is 0 Å². The first-order valence-corrected chi connectivity index (χ1v) is 8.10. The molecule has 0 aliphatic heterocycles. The molecule has 102 valence electrons. The van der Waals surface area contributed by atoms with E-state index in [4.69, 9.17) is 0 Å². The molecule has 0 aromatic heterocycles. The first-order valence-electron chi connectivity index (χ1n) is 8.10. The lowest BCUT2D eigenvalue weighted by atomic mass is 10.0. The maximum atomic E-state index is 3.67. The maximum absolute atomic E-state index is 3.67. The van der Waals surface area contributed by atoms with Gasteiger partial charge in [-0.3, -0.25) is 0 Å². The molecule has 1 aliphatic rings. The lowest BCUT2D eigenvalue weighted by molar-refractivity contribution is 0.421. The fraction of sp³-hybridized carbons (Fsp3) is 1.00. The molecule has 0 amide bonds. The van der Waals surface area contributed by atoms with Crippen molar-refractivity contribution in [1.29, 1.82) is 0 Å². The van der Waals surface area contributed by atoms with Crippen molar-refractivity contribution in [2.45, 2.75) is 90.5 Å². The first kappa shape index (κ1) is 15.0. The average molecular weight is 239 g/mol. The molecule has 1 heteroatoms. The van der Waals surface area contributed by atoms with E-state index in [-0.39, 0.29) is 0 Å². The quantitative estimate of drug-likeness (QED) is 0.477. The number of hydrogen-bond acceptors (Lipinski definition) is 1. The van der Waals surface area contributed by atoms with Gasteiger partial charge in [-0.2, -0.15) is 0 Å². The monoisotopic (exact) mass is 239 g/mol. The number of nitrogens with one attached hydrogen (secondary N) is 1. The third-order valence-electron chi connectivity index (χ3n) is 3.96. The van der Waals surface area contributed by atoms with Gasteiger partial charge in [0, 0.05) is 6.04 Å². The third-order valence-corrected chi connectivity index (χ3v) is 3.96. The van der Waals surface area contributed by atoms with Crippen LogP contribution < -0.4 is 5.32 Å². The van der Waals surface area contributed by atoms with Crippen LogP contribution in [-0.4, -0.2) is 12.6 Å². The minimum atomic E-state index is 0.822. The molecule has 0 aromatic rings. The second-order valence-corrected chi connectivity index (χ2v) is 5.84. The Bertz CT molecular complexity index is 163. The highest BCUT2D eigenvalue weighted by molar-refractivity contribution is 4.79. The number of rotatable bonds is 12. The fourth-order valence-electron chi connectivity index (χ4n) is 2.70. The van der Waals surface area contributed by atoms with Gasteiger partial charge in [0.15, 0.2) is 0 Å². The molecule has 1 fully saturated rings. The van der Waals surface area contributed by atoms with E-state index in [1.807, 2.05) is 0 Å². The fourth-order valence-corrected chi connectivity index (χ4v) is 2.70. The summed E-state index contributed by atoms with van der Waals surface area (Å²) < 4.78 is 0. The average Bonchev–Trinajstić information content (AvgIpc) is 3.12. The van der Waals surface area contributed by atoms with E-state index in [2.05, 4.69) is 19.2 Å². The van der Waals surface area contributed by atoms with Gasteiger partial charge >= 0.3 is 0 Å². The summed E-state index contributed by atoms with van der Waals surface area (Å²) in [5.41, 5.74) is 0. The van der Waals surface area contributed by atoms with Crippen molar-refractivity contribution in [2.24, 2.45) is 5.92 Å². The minimum absolute atomic E-state index is 0.822. The highest BCUT2D eigenvalue weighted by Gasteiger charge is 2.24. The maximum Gasteiger partial charge on any atom is 0.00695 e. The van der Waals surface area contributed by atoms with Crippen LogP contribution in [0.2, 0.25) is 0 Å². The summed E-state index contributed by atoms with van der Waals surface area (Å²) in [6.45, 7) is 5.68. The molecule has 1 atom stereocenters. The summed E-state index contributed by atoms with van der Waals surface area (Å²) in [5, 5.41) is 3.67. The van der Waals surface area contributed by atoms with Crippen LogP contribution in [0.3, 0.4) is 0 Å². The van der Waals surface area contributed by atoms with Crippen LogP contribution in [0.25, 0.3) is 0 Å². The van der Waals surface area contributed by atoms with Gasteiger partial charge in [0.2, 0.25) is 0 Å². The third kappa shape index (κ3) is 8.65. The molecule has 1 rings (SSSR count). The van der Waals surface area contributed by atoms with Crippen molar-refractivity contribution >= 4 is 0 Å². The van der Waals surface area contributed by atoms with Crippen LogP contribution >= 0.6 is 0 Å². The van der Waals surface area contributed by atoms with Gasteiger partial charge < -0.3 is 5.32 Å². The Labute approximate surface area is 109 Å². The summed E-state index contributed by atoms with van der Waals surface area (Å²) in [6.07, 6.45) is 15.9. The topological polar surface area (TPSA) is 12.0 Å². The van der Waals surface area contributed by atoms with E-state index >= 15 is 0 Å². The Hall–Kier alpha value is -0.0400. The summed E-state index contributed by atoms with van der Waals surface area (Å²) >= 11 is 0. The highest BCUT2D eigenvalue weighted by Crippen LogP contribution is 2.34. The van der Waals surface area contributed by atoms with Gasteiger partial charge in [-0.15, -0.1) is 0 Å². The van der Waals surface area contributed by atoms with Crippen LogP contribution in [0.15, 0.2) is 0 Å². The lowest BCUT2D eigenvalue weighted by Crippen LogP contribution is -2.29. The van der Waals surface area contributed by atoms with Crippen molar-refractivity contribution in [3.8, 4) is 0 Å². The molecule has 0 spiro atoms. The Kier molecular flexibility index (Phi) is 8.78. The molecule has 1 N–H and O–H groups in total. The van der Waals surface area contributed by atoms with Crippen molar-refractivity contribution < 1.29 is 0 Å². The van der Waals surface area contributed by atoms with Gasteiger partial charge in [0.05, 0.1) is 0 Å². The molecular formula is C16H33N. The largest absolute Gasteiger partial charge is 0.314 e. The van der Waals surface area contributed by atoms with Gasteiger partial charge in [0.25, 0.3) is 0 Å². The zero-order valence-electron chi connectivity index (χ0n) is 12.1. The van der Waals surface area contributed by atoms with E-state index in [1.54, 1.807) is 0 Å². The Balaban J connectivity index is 1.90. The van der Waals surface area contributed by atoms with Crippen molar-refractivity contribution in [3.63, 3.8) is 0 Å². The van der Waals surface area contributed by atoms with Crippen LogP contribution in [0.1, 0.15) is 84.5 Å². The van der Waals surface area contributed by atoms with E-state index in [0.29, 0.717) is 0 Å². The smallest absolute Gasteiger partial charge is 0.00695 e. The molecule has 1 nitrogen and oxygen atoms in total. The van der Waals surface area contributed by atoms with E-state index in [1.165, 1.54) is 70.6 Å². The van der Waals surface area contributed by atoms with E-state index in [9.17, 15) is 0 Å². The van der Waals surface area contributed by atoms with Crippen LogP contribution in [0.4, 0.5) is 0 Å². The van der Waals surface area contributed by atoms with Crippen LogP contribution in [0.5, 0.6) is 0 Å². The normalized spacial score (nSPS) is 17.3. The molecule has 0 heterocycles. The molecule has 0 radical (unpaired) electrons. The van der Waals surface area contributed by atoms with Crippen molar-refractivity contribution in [2.75, 3.05) is 6.54 Å². The SMILES string of the molecule is CCCCCCCCCC(CC1CC1)NCC. The number of unbranched alkanes of at least 4 members (excludes halogenated alkanes) is 6. The second-order valence-electron chi connectivity index (χ2n) is 5.84. The molecule has 1 unspecified atom stereocenters. The molecule has 0 aromatic carbocycles. The Morgan fingerprint density at radius 3 is 2.18 bits per heavy atom. The molecule has 0 saturated heterocycles. The molecule has 1 saturated carbocycles. The van der Waals surface area contributed by atoms with Crippen molar-refractivity contribution in [1.82, 2.24) is 5.32 Å². The summed E-state index contributed by atoms with van der Waals surface area (Å²) in [6, 6.07) is 0.822. The zero-order valence-corrected chi connectivity index (χ0v) is 12.1. The van der Waals surface area contributed by atoms with Crippen LogP contribution in [-0.2, 0) is 0 Å². The van der Waals surface area contributed by atoms with E-state index in [0.717, 1.165) is 18.5 Å². The Morgan fingerprint density at radius 2 is 1.59 bits per heavy atom. The predicted octanol–water partition coefficient (Wildman–Crippen LogP) is 4.91. The standard InChI is InChI=1S/C16H33N/c1-3-5-6-7-8-9-10-11-16(17-4-2)14-15-12-13-15/h15-17H,3-14H2,1-2H3.